The first-order chi connectivity index (χ1) is 14.3. The Morgan fingerprint density at radius 3 is 2.53 bits per heavy atom. The Kier molecular flexibility index (Phi) is 7.59. The number of amides is 1. The van der Waals surface area contributed by atoms with Gasteiger partial charge in [-0.1, -0.05) is 32.3 Å². The van der Waals surface area contributed by atoms with Crippen LogP contribution in [-0.2, 0) is 19.1 Å². The van der Waals surface area contributed by atoms with Crippen molar-refractivity contribution in [3.8, 4) is 0 Å². The quantitative estimate of drug-likeness (QED) is 0.333. The van der Waals surface area contributed by atoms with Gasteiger partial charge in [0.2, 0.25) is 5.91 Å². The number of benzene rings is 1. The van der Waals surface area contributed by atoms with Crippen LogP contribution in [0, 0.1) is 16.4 Å². The van der Waals surface area contributed by atoms with E-state index < -0.39 is 26.7 Å². The van der Waals surface area contributed by atoms with Crippen molar-refractivity contribution >= 4 is 64.7 Å². The molecule has 0 spiro atoms. The molecular formula is C20H23ClIN3O5. The average molecular weight is 548 g/mol. The Morgan fingerprint density at radius 2 is 1.90 bits per heavy atom. The Balaban J connectivity index is 1.62. The molecule has 8 nitrogen and oxygen atoms in total. The molecule has 3 rings (SSSR count). The Morgan fingerprint density at radius 1 is 1.20 bits per heavy atom. The topological polar surface area (TPSA) is 106 Å². The first kappa shape index (κ1) is 22.8. The largest absolute Gasteiger partial charge is 0.465 e. The minimum atomic E-state index is -0.715. The number of carbonyl (C=O) groups is 3. The number of fused-ring (bicyclic) bond motifs is 1. The molecular weight excluding hydrogens is 525 g/mol. The van der Waals surface area contributed by atoms with Gasteiger partial charge in [-0.2, -0.15) is 5.43 Å². The fraction of sp³-hybridized carbons (Fsp3) is 0.450. The van der Waals surface area contributed by atoms with Crippen molar-refractivity contribution in [1.82, 2.24) is 10.9 Å². The average Bonchev–Trinajstić information content (AvgIpc) is 2.71. The van der Waals surface area contributed by atoms with Crippen LogP contribution in [0.4, 0.5) is 5.69 Å². The summed E-state index contributed by atoms with van der Waals surface area (Å²) < 4.78 is 11.7. The molecule has 1 heterocycles. The number of halogens is 2. The van der Waals surface area contributed by atoms with Gasteiger partial charge in [0.05, 0.1) is 18.4 Å². The van der Waals surface area contributed by atoms with Crippen LogP contribution in [0.25, 0.3) is 0 Å². The molecule has 1 aromatic rings. The van der Waals surface area contributed by atoms with Crippen LogP contribution in [0.2, 0.25) is 0 Å². The van der Waals surface area contributed by atoms with Gasteiger partial charge in [-0.25, -0.2) is 9.79 Å². The highest BCUT2D eigenvalue weighted by molar-refractivity contribution is 14.2. The van der Waals surface area contributed by atoms with E-state index in [9.17, 15) is 14.4 Å². The number of hydrogen-bond donors (Lipinski definition) is 2. The van der Waals surface area contributed by atoms with Crippen molar-refractivity contribution in [2.45, 2.75) is 45.6 Å². The number of hydrogen-bond acceptors (Lipinski definition) is 7. The SMILES string of the molecule is COC(=O)c1cc2c(cc1C)I=C(NNC(=O)C1CCC(OC(C)=O)CC1)C(Cl)=N2. The van der Waals surface area contributed by atoms with Crippen LogP contribution in [-0.4, -0.2) is 39.9 Å². The van der Waals surface area contributed by atoms with Crippen molar-refractivity contribution in [3.05, 3.63) is 26.8 Å². The summed E-state index contributed by atoms with van der Waals surface area (Å²) in [6.45, 7) is 3.24. The second-order valence-electron chi connectivity index (χ2n) is 7.12. The molecule has 0 atom stereocenters. The molecule has 0 bridgehead atoms. The van der Waals surface area contributed by atoms with E-state index in [1.807, 2.05) is 13.0 Å². The van der Waals surface area contributed by atoms with Gasteiger partial charge in [-0.05, 0) is 50.3 Å². The lowest BCUT2D eigenvalue weighted by molar-refractivity contribution is -0.148. The third kappa shape index (κ3) is 5.44. The van der Waals surface area contributed by atoms with Crippen LogP contribution in [0.15, 0.2) is 17.1 Å². The van der Waals surface area contributed by atoms with Crippen molar-refractivity contribution in [2.24, 2.45) is 10.9 Å². The number of esters is 2. The molecule has 0 aromatic heterocycles. The summed E-state index contributed by atoms with van der Waals surface area (Å²) in [5.74, 6) is -0.950. The van der Waals surface area contributed by atoms with Gasteiger partial charge < -0.3 is 9.47 Å². The number of rotatable bonds is 5. The van der Waals surface area contributed by atoms with E-state index in [0.29, 0.717) is 40.6 Å². The molecule has 1 aliphatic carbocycles. The summed E-state index contributed by atoms with van der Waals surface area (Å²) in [6.07, 6.45) is 2.58. The lowest BCUT2D eigenvalue weighted by Gasteiger charge is -2.27. The van der Waals surface area contributed by atoms with Crippen molar-refractivity contribution < 1.29 is 23.9 Å². The number of hydrazine groups is 1. The molecule has 0 radical (unpaired) electrons. The van der Waals surface area contributed by atoms with E-state index in [1.165, 1.54) is 14.0 Å². The maximum atomic E-state index is 12.5. The van der Waals surface area contributed by atoms with Gasteiger partial charge in [0.15, 0.2) is 5.17 Å². The molecule has 1 aliphatic heterocycles. The van der Waals surface area contributed by atoms with Crippen molar-refractivity contribution in [1.29, 1.82) is 0 Å². The third-order valence-electron chi connectivity index (χ3n) is 4.97. The number of aliphatic imine (C=N–C) groups is 1. The van der Waals surface area contributed by atoms with Crippen molar-refractivity contribution in [2.75, 3.05) is 7.11 Å². The van der Waals surface area contributed by atoms with Gasteiger partial charge in [0, 0.05) is 16.4 Å². The van der Waals surface area contributed by atoms with Gasteiger partial charge in [0.1, 0.15) is 9.74 Å². The van der Waals surface area contributed by atoms with E-state index in [-0.39, 0.29) is 29.1 Å². The number of ether oxygens (including phenoxy) is 2. The minimum absolute atomic E-state index is 0.103. The standard InChI is InChI=1S/C20H23ClIN3O5/c1-10-8-15-16(9-14(10)20(28)29-3)23-17(21)18(22-15)24-25-19(27)12-4-6-13(7-5-12)30-11(2)26/h8-9,12-13,24H,4-7H2,1-3H3,(H,25,27). The van der Waals surface area contributed by atoms with Crippen LogP contribution in [0.1, 0.15) is 48.5 Å². The molecule has 30 heavy (non-hydrogen) atoms. The minimum Gasteiger partial charge on any atom is -0.465 e. The molecule has 0 unspecified atom stereocenters. The smallest absolute Gasteiger partial charge is 0.338 e. The van der Waals surface area contributed by atoms with Gasteiger partial charge >= 0.3 is 11.9 Å². The van der Waals surface area contributed by atoms with Crippen LogP contribution < -0.4 is 10.9 Å². The predicted octanol–water partition coefficient (Wildman–Crippen LogP) is 3.08. The summed E-state index contributed by atoms with van der Waals surface area (Å²) in [7, 11) is 1.34. The van der Waals surface area contributed by atoms with Crippen LogP contribution in [0.3, 0.4) is 0 Å². The summed E-state index contributed by atoms with van der Waals surface area (Å²) in [5.41, 5.74) is 7.61. The molecule has 2 N–H and O–H groups in total. The lowest BCUT2D eigenvalue weighted by Crippen LogP contribution is -2.46. The lowest BCUT2D eigenvalue weighted by atomic mass is 9.87. The van der Waals surface area contributed by atoms with Crippen LogP contribution >= 0.6 is 32.3 Å². The zero-order valence-electron chi connectivity index (χ0n) is 16.9. The van der Waals surface area contributed by atoms with E-state index >= 15 is 0 Å². The second kappa shape index (κ2) is 9.97. The summed E-state index contributed by atoms with van der Waals surface area (Å²) in [4.78, 5) is 39.8. The maximum Gasteiger partial charge on any atom is 0.338 e. The summed E-state index contributed by atoms with van der Waals surface area (Å²) in [6, 6.07) is 3.61. The number of methoxy groups -OCH3 is 1. The fourth-order valence-electron chi connectivity index (χ4n) is 3.42. The molecule has 1 amide bonds. The second-order valence-corrected chi connectivity index (χ2v) is 10.3. The van der Waals surface area contributed by atoms with Gasteiger partial charge in [-0.3, -0.25) is 15.0 Å². The highest BCUT2D eigenvalue weighted by Gasteiger charge is 2.28. The van der Waals surface area contributed by atoms with Crippen molar-refractivity contribution in [3.63, 3.8) is 0 Å². The van der Waals surface area contributed by atoms with Gasteiger partial charge in [-0.15, -0.1) is 0 Å². The first-order valence-electron chi connectivity index (χ1n) is 9.51. The maximum absolute atomic E-state index is 12.5. The number of nitrogens with zero attached hydrogens (tertiary/aromatic N) is 1. The zero-order valence-corrected chi connectivity index (χ0v) is 19.8. The summed E-state index contributed by atoms with van der Waals surface area (Å²) >= 11 is 5.60. The van der Waals surface area contributed by atoms with E-state index in [2.05, 4.69) is 15.8 Å². The Bertz CT molecular complexity index is 939. The van der Waals surface area contributed by atoms with Gasteiger partial charge in [0.25, 0.3) is 0 Å². The van der Waals surface area contributed by atoms with E-state index in [0.717, 1.165) is 9.13 Å². The molecule has 162 valence electrons. The number of nitrogens with one attached hydrogen (secondary N) is 2. The number of aryl methyl sites for hydroxylation is 1. The predicted molar refractivity (Wildman–Crippen MR) is 122 cm³/mol. The molecule has 1 aromatic carbocycles. The first-order valence-corrected chi connectivity index (χ1v) is 12.0. The van der Waals surface area contributed by atoms with E-state index in [4.69, 9.17) is 21.1 Å². The third-order valence-corrected chi connectivity index (χ3v) is 8.33. The molecule has 0 saturated heterocycles. The molecule has 1 saturated carbocycles. The Hall–Kier alpha value is -1.85. The normalized spacial score (nSPS) is 20.7. The highest BCUT2D eigenvalue weighted by Crippen LogP contribution is 2.33. The van der Waals surface area contributed by atoms with E-state index in [1.54, 1.807) is 6.07 Å². The molecule has 2 aliphatic rings. The molecule has 10 heteroatoms. The monoisotopic (exact) mass is 547 g/mol. The number of carbonyl (C=O) groups excluding carboxylic acids is 3. The fourth-order valence-corrected chi connectivity index (χ4v) is 6.17. The highest BCUT2D eigenvalue weighted by atomic mass is 127. The summed E-state index contributed by atoms with van der Waals surface area (Å²) in [5, 5.41) is 0.272. The van der Waals surface area contributed by atoms with Crippen LogP contribution in [0.5, 0.6) is 0 Å². The zero-order chi connectivity index (χ0) is 21.8. The Labute approximate surface area is 189 Å². The molecule has 1 fully saturated rings.